The molecule has 0 aliphatic carbocycles. The number of sulfonamides is 1. The Morgan fingerprint density at radius 3 is 2.45 bits per heavy atom. The topological polar surface area (TPSA) is 84.3 Å². The van der Waals surface area contributed by atoms with E-state index in [1.54, 1.807) is 36.7 Å². The quantitative estimate of drug-likeness (QED) is 0.455. The molecule has 7 nitrogen and oxygen atoms in total. The van der Waals surface area contributed by atoms with E-state index in [4.69, 9.17) is 0 Å². The molecule has 0 aliphatic rings. The monoisotopic (exact) mass is 462 g/mol. The van der Waals surface area contributed by atoms with E-state index in [1.165, 1.54) is 18.4 Å². The minimum atomic E-state index is -3.59. The Labute approximate surface area is 193 Å². The molecule has 0 saturated carbocycles. The van der Waals surface area contributed by atoms with Crippen molar-refractivity contribution in [3.8, 4) is 0 Å². The number of amides is 1. The molecule has 8 heteroatoms. The van der Waals surface area contributed by atoms with Gasteiger partial charge < -0.3 is 9.88 Å². The molecule has 33 heavy (non-hydrogen) atoms. The van der Waals surface area contributed by atoms with Gasteiger partial charge in [0.2, 0.25) is 10.0 Å². The van der Waals surface area contributed by atoms with Gasteiger partial charge in [-0.2, -0.15) is 0 Å². The van der Waals surface area contributed by atoms with Crippen LogP contribution in [-0.2, 0) is 23.1 Å². The number of hydrogen-bond donors (Lipinski definition) is 1. The van der Waals surface area contributed by atoms with Crippen LogP contribution in [0, 0.1) is 6.92 Å². The van der Waals surface area contributed by atoms with E-state index in [0.717, 1.165) is 22.2 Å². The molecule has 0 spiro atoms. The molecule has 0 bridgehead atoms. The van der Waals surface area contributed by atoms with E-state index >= 15 is 0 Å². The van der Waals surface area contributed by atoms with Gasteiger partial charge in [-0.25, -0.2) is 12.7 Å². The Morgan fingerprint density at radius 2 is 1.76 bits per heavy atom. The van der Waals surface area contributed by atoms with Gasteiger partial charge in [0, 0.05) is 50.5 Å². The second-order valence-corrected chi connectivity index (χ2v) is 10.3. The second-order valence-electron chi connectivity index (χ2n) is 8.15. The van der Waals surface area contributed by atoms with E-state index in [2.05, 4.69) is 10.3 Å². The number of fused-ring (bicyclic) bond motifs is 1. The maximum Gasteiger partial charge on any atom is 0.268 e. The number of carbonyl (C=O) groups is 1. The lowest BCUT2D eigenvalue weighted by molar-refractivity contribution is 0.0942. The minimum Gasteiger partial charge on any atom is -0.347 e. The van der Waals surface area contributed by atoms with Crippen LogP contribution in [-0.4, -0.2) is 42.3 Å². The van der Waals surface area contributed by atoms with Gasteiger partial charge in [-0.3, -0.25) is 9.78 Å². The summed E-state index contributed by atoms with van der Waals surface area (Å²) >= 11 is 0. The SMILES string of the molecule is Cc1cccc(CNC(=O)c2cc3cc(S(=O)(=O)N(C)C)ccc3n2Cc2ccncc2)c1. The van der Waals surface area contributed by atoms with Crippen molar-refractivity contribution >= 4 is 26.8 Å². The first-order valence-corrected chi connectivity index (χ1v) is 12.0. The van der Waals surface area contributed by atoms with Gasteiger partial charge in [-0.1, -0.05) is 29.8 Å². The lowest BCUT2D eigenvalue weighted by Crippen LogP contribution is -2.25. The van der Waals surface area contributed by atoms with Crippen LogP contribution in [0.4, 0.5) is 0 Å². The molecule has 1 N–H and O–H groups in total. The second kappa shape index (κ2) is 9.17. The minimum absolute atomic E-state index is 0.188. The molecule has 1 amide bonds. The van der Waals surface area contributed by atoms with Crippen molar-refractivity contribution in [2.45, 2.75) is 24.9 Å². The van der Waals surface area contributed by atoms with Crippen molar-refractivity contribution in [2.75, 3.05) is 14.1 Å². The predicted molar refractivity (Wildman–Crippen MR) is 128 cm³/mol. The average Bonchev–Trinajstić information content (AvgIpc) is 3.16. The van der Waals surface area contributed by atoms with Crippen LogP contribution in [0.15, 0.2) is 78.0 Å². The normalized spacial score (nSPS) is 11.8. The summed E-state index contributed by atoms with van der Waals surface area (Å²) in [4.78, 5) is 17.5. The third-order valence-electron chi connectivity index (χ3n) is 5.51. The molecule has 0 aliphatic heterocycles. The van der Waals surface area contributed by atoms with Crippen LogP contribution >= 0.6 is 0 Å². The summed E-state index contributed by atoms with van der Waals surface area (Å²) in [5.41, 5.74) is 4.38. The number of aryl methyl sites for hydroxylation is 1. The summed E-state index contributed by atoms with van der Waals surface area (Å²) in [6.45, 7) is 2.87. The summed E-state index contributed by atoms with van der Waals surface area (Å²) in [5, 5.41) is 3.68. The van der Waals surface area contributed by atoms with Crippen molar-refractivity contribution < 1.29 is 13.2 Å². The Bertz CT molecular complexity index is 1410. The summed E-state index contributed by atoms with van der Waals surface area (Å²) in [6.07, 6.45) is 3.42. The summed E-state index contributed by atoms with van der Waals surface area (Å²) in [6, 6.07) is 18.5. The molecule has 0 saturated heterocycles. The molecular weight excluding hydrogens is 436 g/mol. The maximum atomic E-state index is 13.2. The molecule has 4 aromatic rings. The fourth-order valence-electron chi connectivity index (χ4n) is 3.74. The highest BCUT2D eigenvalue weighted by molar-refractivity contribution is 7.89. The first-order chi connectivity index (χ1) is 15.8. The summed E-state index contributed by atoms with van der Waals surface area (Å²) < 4.78 is 28.3. The fraction of sp³-hybridized carbons (Fsp3) is 0.200. The predicted octanol–water partition coefficient (Wildman–Crippen LogP) is 3.57. The molecule has 0 fully saturated rings. The molecule has 0 radical (unpaired) electrons. The van der Waals surface area contributed by atoms with Crippen molar-refractivity contribution in [1.29, 1.82) is 0 Å². The number of nitrogens with one attached hydrogen (secondary N) is 1. The standard InChI is InChI=1S/C25H26N4O3S/c1-18-5-4-6-20(13-18)16-27-25(30)24-15-21-14-22(33(31,32)28(2)3)7-8-23(21)29(24)17-19-9-11-26-12-10-19/h4-15H,16-17H2,1-3H3,(H,27,30). The largest absolute Gasteiger partial charge is 0.347 e. The average molecular weight is 463 g/mol. The van der Waals surface area contributed by atoms with Crippen LogP contribution < -0.4 is 5.32 Å². The number of nitrogens with zero attached hydrogens (tertiary/aromatic N) is 3. The molecule has 2 heterocycles. The van der Waals surface area contributed by atoms with Gasteiger partial charge in [-0.05, 0) is 54.4 Å². The Morgan fingerprint density at radius 1 is 1.00 bits per heavy atom. The van der Waals surface area contributed by atoms with Gasteiger partial charge in [0.15, 0.2) is 0 Å². The number of pyridine rings is 1. The van der Waals surface area contributed by atoms with E-state index in [-0.39, 0.29) is 10.8 Å². The van der Waals surface area contributed by atoms with Crippen LogP contribution in [0.25, 0.3) is 10.9 Å². The molecule has 2 aromatic carbocycles. The van der Waals surface area contributed by atoms with Crippen LogP contribution in [0.2, 0.25) is 0 Å². The Kier molecular flexibility index (Phi) is 6.31. The van der Waals surface area contributed by atoms with Crippen molar-refractivity contribution in [3.63, 3.8) is 0 Å². The maximum absolute atomic E-state index is 13.2. The molecular formula is C25H26N4O3S. The number of aromatic nitrogens is 2. The van der Waals surface area contributed by atoms with E-state index in [1.807, 2.05) is 47.9 Å². The number of rotatable bonds is 7. The lowest BCUT2D eigenvalue weighted by Gasteiger charge is -2.13. The van der Waals surface area contributed by atoms with Gasteiger partial charge in [0.05, 0.1) is 4.90 Å². The zero-order valence-electron chi connectivity index (χ0n) is 18.8. The van der Waals surface area contributed by atoms with Gasteiger partial charge in [0.1, 0.15) is 5.69 Å². The van der Waals surface area contributed by atoms with Crippen molar-refractivity contribution in [3.05, 3.63) is 95.4 Å². The molecule has 2 aromatic heterocycles. The molecule has 0 unspecified atom stereocenters. The van der Waals surface area contributed by atoms with Crippen molar-refractivity contribution in [1.82, 2.24) is 19.2 Å². The van der Waals surface area contributed by atoms with E-state index < -0.39 is 10.0 Å². The lowest BCUT2D eigenvalue weighted by atomic mass is 10.1. The highest BCUT2D eigenvalue weighted by Gasteiger charge is 2.21. The molecule has 170 valence electrons. The first kappa shape index (κ1) is 22.7. The third-order valence-corrected chi connectivity index (χ3v) is 7.32. The van der Waals surface area contributed by atoms with Crippen LogP contribution in [0.3, 0.4) is 0 Å². The van der Waals surface area contributed by atoms with Gasteiger partial charge in [-0.15, -0.1) is 0 Å². The number of hydrogen-bond acceptors (Lipinski definition) is 4. The number of benzene rings is 2. The Balaban J connectivity index is 1.74. The van der Waals surface area contributed by atoms with Crippen LogP contribution in [0.5, 0.6) is 0 Å². The highest BCUT2D eigenvalue weighted by Crippen LogP contribution is 2.26. The summed E-state index contributed by atoms with van der Waals surface area (Å²) in [7, 11) is -0.590. The van der Waals surface area contributed by atoms with E-state index in [0.29, 0.717) is 24.2 Å². The van der Waals surface area contributed by atoms with Crippen LogP contribution in [0.1, 0.15) is 27.2 Å². The third kappa shape index (κ3) is 4.81. The zero-order valence-corrected chi connectivity index (χ0v) is 19.6. The summed E-state index contributed by atoms with van der Waals surface area (Å²) in [5.74, 6) is -0.223. The molecule has 0 atom stereocenters. The number of carbonyl (C=O) groups excluding carboxylic acids is 1. The fourth-order valence-corrected chi connectivity index (χ4v) is 4.68. The van der Waals surface area contributed by atoms with Gasteiger partial charge in [0.25, 0.3) is 5.91 Å². The molecule has 4 rings (SSSR count). The van der Waals surface area contributed by atoms with E-state index in [9.17, 15) is 13.2 Å². The first-order valence-electron chi connectivity index (χ1n) is 10.5. The van der Waals surface area contributed by atoms with Gasteiger partial charge >= 0.3 is 0 Å². The highest BCUT2D eigenvalue weighted by atomic mass is 32.2. The smallest absolute Gasteiger partial charge is 0.268 e. The van der Waals surface area contributed by atoms with Crippen molar-refractivity contribution in [2.24, 2.45) is 0 Å². The zero-order chi connectivity index (χ0) is 23.6. The Hall–Kier alpha value is -3.49.